The molecule has 0 radical (unpaired) electrons. The van der Waals surface area contributed by atoms with Crippen molar-refractivity contribution in [1.29, 1.82) is 0 Å². The third-order valence-electron chi connectivity index (χ3n) is 10.9. The summed E-state index contributed by atoms with van der Waals surface area (Å²) < 4.78 is 5.96. The van der Waals surface area contributed by atoms with E-state index in [9.17, 15) is 19.8 Å². The van der Waals surface area contributed by atoms with Gasteiger partial charge in [-0.15, -0.1) is 0 Å². The molecule has 2 amide bonds. The average molecular weight is 639 g/mol. The Kier molecular flexibility index (Phi) is 10.0. The summed E-state index contributed by atoms with van der Waals surface area (Å²) in [5.41, 5.74) is 6.15. The van der Waals surface area contributed by atoms with Crippen LogP contribution in [0.3, 0.4) is 0 Å². The number of benzene rings is 2. The molecule has 3 aliphatic carbocycles. The van der Waals surface area contributed by atoms with Crippen molar-refractivity contribution in [1.82, 2.24) is 15.9 Å². The smallest absolute Gasteiger partial charge is 0.274 e. The Bertz CT molecular complexity index is 1430. The Morgan fingerprint density at radius 1 is 1.17 bits per heavy atom. The highest BCUT2D eigenvalue weighted by Gasteiger charge is 2.57. The Morgan fingerprint density at radius 3 is 2.50 bits per heavy atom. The minimum absolute atomic E-state index is 0.0419. The van der Waals surface area contributed by atoms with Crippen molar-refractivity contribution >= 4 is 17.5 Å². The zero-order chi connectivity index (χ0) is 33.5. The van der Waals surface area contributed by atoms with Crippen LogP contribution in [0.4, 0.5) is 5.69 Å². The maximum absolute atomic E-state index is 14.1. The highest BCUT2D eigenvalue weighted by atomic mass is 16.7. The summed E-state index contributed by atoms with van der Waals surface area (Å²) in [6, 6.07) is 10.4. The van der Waals surface area contributed by atoms with Crippen LogP contribution in [0.15, 0.2) is 36.4 Å². The van der Waals surface area contributed by atoms with Gasteiger partial charge in [0.2, 0.25) is 5.91 Å². The lowest BCUT2D eigenvalue weighted by Gasteiger charge is -2.62. The summed E-state index contributed by atoms with van der Waals surface area (Å²) in [6.07, 6.45) is 0.486. The fraction of sp³-hybridized carbons (Fsp3) is 0.600. The van der Waals surface area contributed by atoms with Crippen LogP contribution < -0.4 is 20.4 Å². The molecule has 4 fully saturated rings. The minimum Gasteiger partial charge on any atom is -0.496 e. The van der Waals surface area contributed by atoms with Gasteiger partial charge in [0.25, 0.3) is 5.91 Å². The van der Waals surface area contributed by atoms with E-state index in [0.29, 0.717) is 29.1 Å². The lowest BCUT2D eigenvalue weighted by molar-refractivity contribution is -0.183. The number of anilines is 1. The van der Waals surface area contributed by atoms with Gasteiger partial charge in [0.1, 0.15) is 17.9 Å². The van der Waals surface area contributed by atoms with E-state index in [0.717, 1.165) is 28.8 Å². The lowest BCUT2D eigenvalue weighted by atomic mass is 9.45. The van der Waals surface area contributed by atoms with E-state index in [1.807, 2.05) is 43.3 Å². The molecule has 46 heavy (non-hydrogen) atoms. The lowest BCUT2D eigenvalue weighted by Crippen LogP contribution is -2.62. The third-order valence-corrected chi connectivity index (χ3v) is 10.9. The SMILES string of the molecule is CONC(=O)c1cc(-c2cccc(CN3O[C@@H](CO)[C@@H]([C@H](C)O)C3C(=O)N[C@H]3C[C@H]4C[C@@H]([C@@H]3C)C4(C)C)c2OC)cc(N(C)C)c1. The number of hydrogen-bond acceptors (Lipinski definition) is 9. The number of amides is 2. The van der Waals surface area contributed by atoms with Crippen molar-refractivity contribution in [2.24, 2.45) is 29.1 Å². The third kappa shape index (κ3) is 6.23. The van der Waals surface area contributed by atoms with Crippen molar-refractivity contribution in [2.75, 3.05) is 39.8 Å². The number of ether oxygens (including phenoxy) is 1. The van der Waals surface area contributed by atoms with Gasteiger partial charge in [-0.1, -0.05) is 39.0 Å². The van der Waals surface area contributed by atoms with Gasteiger partial charge >= 0.3 is 0 Å². The molecule has 11 nitrogen and oxygen atoms in total. The zero-order valence-corrected chi connectivity index (χ0v) is 28.2. The number of hydrogen-bond donors (Lipinski definition) is 4. The van der Waals surface area contributed by atoms with Crippen LogP contribution in [0.1, 0.15) is 56.5 Å². The highest BCUT2D eigenvalue weighted by Crippen LogP contribution is 2.61. The largest absolute Gasteiger partial charge is 0.496 e. The minimum atomic E-state index is -0.896. The number of methoxy groups -OCH3 is 1. The van der Waals surface area contributed by atoms with Gasteiger partial charge in [0.15, 0.2) is 0 Å². The second kappa shape index (κ2) is 13.5. The number of hydroxylamine groups is 3. The van der Waals surface area contributed by atoms with Gasteiger partial charge in [-0.25, -0.2) is 5.48 Å². The van der Waals surface area contributed by atoms with Crippen LogP contribution in [-0.2, 0) is 21.0 Å². The Labute approximate surface area is 272 Å². The first-order chi connectivity index (χ1) is 21.8. The fourth-order valence-corrected chi connectivity index (χ4v) is 8.14. The molecule has 1 saturated heterocycles. The molecule has 1 aliphatic heterocycles. The molecule has 11 heteroatoms. The van der Waals surface area contributed by atoms with Crippen LogP contribution in [0.2, 0.25) is 0 Å². The summed E-state index contributed by atoms with van der Waals surface area (Å²) >= 11 is 0. The first-order valence-corrected chi connectivity index (χ1v) is 16.2. The van der Waals surface area contributed by atoms with Gasteiger partial charge < -0.3 is 25.2 Å². The average Bonchev–Trinajstić information content (AvgIpc) is 3.40. The van der Waals surface area contributed by atoms with Crippen LogP contribution in [0.5, 0.6) is 5.75 Å². The number of para-hydroxylation sites is 1. The first kappa shape index (κ1) is 34.1. The Morgan fingerprint density at radius 2 is 1.91 bits per heavy atom. The van der Waals surface area contributed by atoms with E-state index in [2.05, 4.69) is 31.6 Å². The van der Waals surface area contributed by atoms with E-state index < -0.39 is 24.2 Å². The summed E-state index contributed by atoms with van der Waals surface area (Å²) in [4.78, 5) is 39.8. The molecular formula is C35H50N4O7. The molecule has 0 spiro atoms. The normalized spacial score (nSPS) is 29.0. The molecule has 1 unspecified atom stereocenters. The molecule has 8 atom stereocenters. The van der Waals surface area contributed by atoms with Crippen molar-refractivity contribution in [2.45, 2.75) is 71.4 Å². The summed E-state index contributed by atoms with van der Waals surface area (Å²) in [6.45, 7) is 8.35. The van der Waals surface area contributed by atoms with Gasteiger partial charge in [0, 0.05) is 48.4 Å². The maximum Gasteiger partial charge on any atom is 0.274 e. The number of nitrogens with zero attached hydrogens (tertiary/aromatic N) is 2. The molecule has 4 aliphatic rings. The molecule has 4 N–H and O–H groups in total. The van der Waals surface area contributed by atoms with Gasteiger partial charge in [-0.2, -0.15) is 5.06 Å². The molecule has 3 saturated carbocycles. The number of aliphatic hydroxyl groups is 2. The van der Waals surface area contributed by atoms with E-state index >= 15 is 0 Å². The molecule has 2 aromatic carbocycles. The van der Waals surface area contributed by atoms with Crippen molar-refractivity contribution in [3.63, 3.8) is 0 Å². The summed E-state index contributed by atoms with van der Waals surface area (Å²) in [5, 5.41) is 26.0. The van der Waals surface area contributed by atoms with Crippen molar-refractivity contribution in [3.05, 3.63) is 47.5 Å². The monoisotopic (exact) mass is 638 g/mol. The van der Waals surface area contributed by atoms with E-state index in [1.165, 1.54) is 13.5 Å². The van der Waals surface area contributed by atoms with Crippen molar-refractivity contribution in [3.8, 4) is 16.9 Å². The number of carbonyl (C=O) groups is 2. The molecule has 0 aromatic heterocycles. The second-order valence-corrected chi connectivity index (χ2v) is 14.0. The quantitative estimate of drug-likeness (QED) is 0.274. The summed E-state index contributed by atoms with van der Waals surface area (Å²) in [5.74, 6) is 0.806. The molecular weight excluding hydrogens is 588 g/mol. The summed E-state index contributed by atoms with van der Waals surface area (Å²) in [7, 11) is 6.76. The fourth-order valence-electron chi connectivity index (χ4n) is 8.14. The van der Waals surface area contributed by atoms with E-state index in [1.54, 1.807) is 31.2 Å². The molecule has 252 valence electrons. The van der Waals surface area contributed by atoms with E-state index in [-0.39, 0.29) is 36.4 Å². The molecule has 1 heterocycles. The maximum atomic E-state index is 14.1. The van der Waals surface area contributed by atoms with Crippen LogP contribution in [-0.4, -0.2) is 86.3 Å². The molecule has 2 bridgehead atoms. The second-order valence-electron chi connectivity index (χ2n) is 14.0. The predicted octanol–water partition coefficient (Wildman–Crippen LogP) is 3.38. The topological polar surface area (TPSA) is 133 Å². The standard InChI is InChI=1S/C35H50N4O7/c1-19-27-15-24(35(27,3)4)16-28(19)36-34(43)31-30(20(2)41)29(18-40)46-39(31)17-21-10-9-11-26(32(21)44-7)22-12-23(33(42)37-45-8)14-25(13-22)38(5)6/h9-14,19-20,24,27-31,40-41H,15-18H2,1-8H3,(H,36,43)(H,37,42)/t19-,20-,24+,27-,28-,29-,30+,31?/m0/s1. The predicted molar refractivity (Wildman–Crippen MR) is 175 cm³/mol. The van der Waals surface area contributed by atoms with Crippen LogP contribution in [0, 0.1) is 29.1 Å². The molecule has 6 rings (SSSR count). The van der Waals surface area contributed by atoms with Gasteiger partial charge in [-0.3, -0.25) is 19.3 Å². The number of nitrogens with one attached hydrogen (secondary N) is 2. The van der Waals surface area contributed by atoms with Gasteiger partial charge in [-0.05, 0) is 66.7 Å². The number of fused-ring (bicyclic) bond motifs is 2. The first-order valence-electron chi connectivity index (χ1n) is 16.2. The van der Waals surface area contributed by atoms with Gasteiger partial charge in [0.05, 0.1) is 33.5 Å². The van der Waals surface area contributed by atoms with Crippen molar-refractivity contribution < 1.29 is 34.2 Å². The van der Waals surface area contributed by atoms with Crippen LogP contribution >= 0.6 is 0 Å². The molecule has 2 aromatic rings. The Hall–Kier alpha value is -3.22. The number of aliphatic hydroxyl groups excluding tert-OH is 2. The Balaban J connectivity index is 1.46. The van der Waals surface area contributed by atoms with E-state index in [4.69, 9.17) is 14.4 Å². The number of rotatable bonds is 11. The zero-order valence-electron chi connectivity index (χ0n) is 28.2. The van der Waals surface area contributed by atoms with Crippen LogP contribution in [0.25, 0.3) is 11.1 Å². The number of carbonyl (C=O) groups excluding carboxylic acids is 2. The highest BCUT2D eigenvalue weighted by molar-refractivity contribution is 5.96.